The summed E-state index contributed by atoms with van der Waals surface area (Å²) in [5.74, 6) is 0.265. The average molecular weight is 300 g/mol. The van der Waals surface area contributed by atoms with Gasteiger partial charge in [0.05, 0.1) is 31.4 Å². The van der Waals surface area contributed by atoms with Crippen molar-refractivity contribution in [3.63, 3.8) is 0 Å². The predicted molar refractivity (Wildman–Crippen MR) is 83.3 cm³/mol. The molecule has 0 bridgehead atoms. The molecular weight excluding hydrogens is 280 g/mol. The number of amides is 1. The van der Waals surface area contributed by atoms with Gasteiger partial charge in [-0.05, 0) is 18.6 Å². The van der Waals surface area contributed by atoms with Crippen molar-refractivity contribution in [2.24, 2.45) is 0 Å². The Morgan fingerprint density at radius 2 is 1.95 bits per heavy atom. The molecule has 0 saturated heterocycles. The van der Waals surface area contributed by atoms with Crippen LogP contribution >= 0.6 is 0 Å². The molecule has 1 atom stereocenters. The summed E-state index contributed by atoms with van der Waals surface area (Å²) in [6.45, 7) is 1.92. The number of rotatable bonds is 6. The van der Waals surface area contributed by atoms with Gasteiger partial charge in [0.1, 0.15) is 0 Å². The lowest BCUT2D eigenvalue weighted by Gasteiger charge is -2.23. The molecule has 2 rings (SSSR count). The number of nitrogens with one attached hydrogen (secondary N) is 1. The minimum atomic E-state index is -1.20. The molecule has 0 aliphatic rings. The molecular formula is C17H20N2O3. The normalized spacial score (nSPS) is 13.2. The second-order valence-corrected chi connectivity index (χ2v) is 5.26. The largest absolute Gasteiger partial charge is 0.481 e. The Hall–Kier alpha value is -2.40. The van der Waals surface area contributed by atoms with Crippen LogP contribution in [0.3, 0.4) is 0 Å². The van der Waals surface area contributed by atoms with E-state index in [4.69, 9.17) is 4.74 Å². The quantitative estimate of drug-likeness (QED) is 0.856. The van der Waals surface area contributed by atoms with Crippen LogP contribution in [0, 0.1) is 0 Å². The van der Waals surface area contributed by atoms with E-state index in [-0.39, 0.29) is 12.3 Å². The highest BCUT2D eigenvalue weighted by atomic mass is 16.5. The fourth-order valence-electron chi connectivity index (χ4n) is 2.13. The number of methoxy groups -OCH3 is 1. The number of benzene rings is 1. The zero-order chi connectivity index (χ0) is 16.0. The molecule has 0 spiro atoms. The second-order valence-electron chi connectivity index (χ2n) is 5.26. The van der Waals surface area contributed by atoms with Crippen molar-refractivity contribution >= 4 is 5.91 Å². The molecule has 5 nitrogen and oxygen atoms in total. The zero-order valence-corrected chi connectivity index (χ0v) is 12.7. The molecule has 0 radical (unpaired) electrons. The van der Waals surface area contributed by atoms with E-state index in [1.165, 1.54) is 0 Å². The Morgan fingerprint density at radius 3 is 2.64 bits per heavy atom. The first kappa shape index (κ1) is 16.0. The fraction of sp³-hybridized carbons (Fsp3) is 0.294. The monoisotopic (exact) mass is 300 g/mol. The van der Waals surface area contributed by atoms with E-state index in [1.807, 2.05) is 24.3 Å². The highest BCUT2D eigenvalue weighted by Crippen LogP contribution is 2.23. The topological polar surface area (TPSA) is 71.5 Å². The van der Waals surface area contributed by atoms with Gasteiger partial charge in [-0.2, -0.15) is 0 Å². The molecule has 2 aromatic rings. The summed E-state index contributed by atoms with van der Waals surface area (Å²) in [7, 11) is 1.54. The van der Waals surface area contributed by atoms with E-state index in [1.54, 1.807) is 38.3 Å². The molecule has 1 aromatic carbocycles. The summed E-state index contributed by atoms with van der Waals surface area (Å²) in [5.41, 5.74) is 0.212. The molecule has 0 saturated carbocycles. The summed E-state index contributed by atoms with van der Waals surface area (Å²) in [4.78, 5) is 16.2. The van der Waals surface area contributed by atoms with E-state index in [2.05, 4.69) is 10.3 Å². The Kier molecular flexibility index (Phi) is 5.12. The first-order valence-corrected chi connectivity index (χ1v) is 7.06. The van der Waals surface area contributed by atoms with Crippen LogP contribution in [0.4, 0.5) is 0 Å². The van der Waals surface area contributed by atoms with Gasteiger partial charge in [0.25, 0.3) is 0 Å². The van der Waals surface area contributed by atoms with Crippen molar-refractivity contribution in [3.8, 4) is 5.88 Å². The van der Waals surface area contributed by atoms with E-state index in [9.17, 15) is 9.90 Å². The Balaban J connectivity index is 1.92. The van der Waals surface area contributed by atoms with Gasteiger partial charge in [0, 0.05) is 6.07 Å². The van der Waals surface area contributed by atoms with E-state index in [0.717, 1.165) is 0 Å². The molecule has 1 amide bonds. The molecule has 0 aliphatic heterocycles. The standard InChI is InChI=1S/C17H20N2O3/c1-17(21,13-7-4-3-5-8-13)11-15(20)18-12-14-9-6-10-16(19-14)22-2/h3-10,21H,11-12H2,1-2H3,(H,18,20). The van der Waals surface area contributed by atoms with Crippen molar-refractivity contribution in [2.75, 3.05) is 7.11 Å². The molecule has 2 N–H and O–H groups in total. The van der Waals surface area contributed by atoms with Gasteiger partial charge in [-0.25, -0.2) is 4.98 Å². The molecule has 1 heterocycles. The smallest absolute Gasteiger partial charge is 0.223 e. The Labute approximate surface area is 130 Å². The number of hydrogen-bond donors (Lipinski definition) is 2. The van der Waals surface area contributed by atoms with Crippen LogP contribution in [0.1, 0.15) is 24.6 Å². The van der Waals surface area contributed by atoms with Crippen LogP contribution in [0.15, 0.2) is 48.5 Å². The van der Waals surface area contributed by atoms with Crippen LogP contribution in [0.5, 0.6) is 5.88 Å². The van der Waals surface area contributed by atoms with Gasteiger partial charge >= 0.3 is 0 Å². The number of pyridine rings is 1. The molecule has 0 aliphatic carbocycles. The predicted octanol–water partition coefficient (Wildman–Crippen LogP) is 2.00. The van der Waals surface area contributed by atoms with E-state index >= 15 is 0 Å². The third kappa shape index (κ3) is 4.30. The first-order valence-electron chi connectivity index (χ1n) is 7.06. The lowest BCUT2D eigenvalue weighted by atomic mass is 9.92. The van der Waals surface area contributed by atoms with Crippen molar-refractivity contribution in [2.45, 2.75) is 25.5 Å². The minimum Gasteiger partial charge on any atom is -0.481 e. The molecule has 5 heteroatoms. The summed E-state index contributed by atoms with van der Waals surface area (Å²) < 4.78 is 5.04. The number of nitrogens with zero attached hydrogens (tertiary/aromatic N) is 1. The SMILES string of the molecule is COc1cccc(CNC(=O)CC(C)(O)c2ccccc2)n1. The van der Waals surface area contributed by atoms with Crippen molar-refractivity contribution in [1.82, 2.24) is 10.3 Å². The van der Waals surface area contributed by atoms with Gasteiger partial charge in [-0.3, -0.25) is 4.79 Å². The van der Waals surface area contributed by atoms with Gasteiger partial charge < -0.3 is 15.2 Å². The van der Waals surface area contributed by atoms with E-state index in [0.29, 0.717) is 23.7 Å². The van der Waals surface area contributed by atoms with Crippen LogP contribution in [-0.2, 0) is 16.9 Å². The number of hydrogen-bond acceptors (Lipinski definition) is 4. The maximum atomic E-state index is 12.0. The summed E-state index contributed by atoms with van der Waals surface area (Å²) >= 11 is 0. The van der Waals surface area contributed by atoms with Gasteiger partial charge in [0.15, 0.2) is 0 Å². The van der Waals surface area contributed by atoms with E-state index < -0.39 is 5.60 Å². The number of ether oxygens (including phenoxy) is 1. The highest BCUT2D eigenvalue weighted by Gasteiger charge is 2.26. The lowest BCUT2D eigenvalue weighted by Crippen LogP contribution is -2.32. The van der Waals surface area contributed by atoms with Crippen molar-refractivity contribution in [1.29, 1.82) is 0 Å². The summed E-state index contributed by atoms with van der Waals surface area (Å²) in [5, 5.41) is 13.2. The van der Waals surface area contributed by atoms with Gasteiger partial charge in [-0.15, -0.1) is 0 Å². The maximum absolute atomic E-state index is 12.0. The Morgan fingerprint density at radius 1 is 1.23 bits per heavy atom. The van der Waals surface area contributed by atoms with Crippen LogP contribution < -0.4 is 10.1 Å². The molecule has 1 aromatic heterocycles. The van der Waals surface area contributed by atoms with Crippen LogP contribution in [-0.4, -0.2) is 23.1 Å². The van der Waals surface area contributed by atoms with Crippen LogP contribution in [0.25, 0.3) is 0 Å². The van der Waals surface area contributed by atoms with Crippen molar-refractivity contribution < 1.29 is 14.6 Å². The summed E-state index contributed by atoms with van der Waals surface area (Å²) in [6.07, 6.45) is -0.0129. The first-order chi connectivity index (χ1) is 10.5. The number of carbonyl (C=O) groups is 1. The second kappa shape index (κ2) is 7.04. The third-order valence-corrected chi connectivity index (χ3v) is 3.36. The van der Waals surface area contributed by atoms with Gasteiger partial charge in [-0.1, -0.05) is 36.4 Å². The number of carbonyl (C=O) groups excluding carboxylic acids is 1. The molecule has 1 unspecified atom stereocenters. The fourth-order valence-corrected chi connectivity index (χ4v) is 2.13. The van der Waals surface area contributed by atoms with Crippen molar-refractivity contribution in [3.05, 3.63) is 59.8 Å². The third-order valence-electron chi connectivity index (χ3n) is 3.36. The molecule has 0 fully saturated rings. The Bertz CT molecular complexity index is 627. The molecule has 116 valence electrons. The summed E-state index contributed by atoms with van der Waals surface area (Å²) in [6, 6.07) is 14.5. The number of aliphatic hydroxyl groups is 1. The highest BCUT2D eigenvalue weighted by molar-refractivity contribution is 5.77. The minimum absolute atomic E-state index is 0.0129. The lowest BCUT2D eigenvalue weighted by molar-refractivity contribution is -0.126. The average Bonchev–Trinajstić information content (AvgIpc) is 2.53. The maximum Gasteiger partial charge on any atom is 0.223 e. The van der Waals surface area contributed by atoms with Gasteiger partial charge in [0.2, 0.25) is 11.8 Å². The number of aromatic nitrogens is 1. The zero-order valence-electron chi connectivity index (χ0n) is 12.7. The van der Waals surface area contributed by atoms with Crippen LogP contribution in [0.2, 0.25) is 0 Å². The molecule has 22 heavy (non-hydrogen) atoms.